The molecule has 136 valence electrons. The van der Waals surface area contributed by atoms with Crippen molar-refractivity contribution in [1.29, 1.82) is 0 Å². The molecule has 26 heavy (non-hydrogen) atoms. The Kier molecular flexibility index (Phi) is 4.76. The number of nitrogens with zero attached hydrogens (tertiary/aromatic N) is 1. The number of piperidine rings is 1. The predicted octanol–water partition coefficient (Wildman–Crippen LogP) is 2.65. The molecule has 0 radical (unpaired) electrons. The molecule has 2 aromatic rings. The quantitative estimate of drug-likeness (QED) is 0.898. The highest BCUT2D eigenvalue weighted by Gasteiger charge is 2.57. The van der Waals surface area contributed by atoms with E-state index in [0.717, 1.165) is 11.1 Å². The molecule has 1 amide bonds. The van der Waals surface area contributed by atoms with Crippen LogP contribution in [0.2, 0.25) is 0 Å². The highest BCUT2D eigenvalue weighted by molar-refractivity contribution is 5.79. The Balaban J connectivity index is 1.56. The molecule has 0 aliphatic carbocycles. The van der Waals surface area contributed by atoms with Crippen LogP contribution in [0.25, 0.3) is 0 Å². The van der Waals surface area contributed by atoms with Gasteiger partial charge in [0.2, 0.25) is 5.91 Å². The van der Waals surface area contributed by atoms with Gasteiger partial charge in [0.05, 0.1) is 25.9 Å². The standard InChI is InChI=1S/C21H23NO4/c23-19-11-12-20(24)22-18(17-9-5-2-6-10-17)14-26-21(19,22)15-25-13-16-7-3-1-4-8-16/h1-10,18-19,23H,11-15H2/t18-,19+,21-/m0/s1. The van der Waals surface area contributed by atoms with E-state index in [9.17, 15) is 9.90 Å². The Bertz CT molecular complexity index is 751. The third-order valence-electron chi connectivity index (χ3n) is 5.24. The molecule has 2 aromatic carbocycles. The van der Waals surface area contributed by atoms with Crippen LogP contribution in [0.1, 0.15) is 30.0 Å². The lowest BCUT2D eigenvalue weighted by molar-refractivity contribution is -0.213. The number of hydrogen-bond acceptors (Lipinski definition) is 4. The lowest BCUT2D eigenvalue weighted by Gasteiger charge is -2.45. The van der Waals surface area contributed by atoms with Crippen LogP contribution in [0.15, 0.2) is 60.7 Å². The highest BCUT2D eigenvalue weighted by Crippen LogP contribution is 2.43. The van der Waals surface area contributed by atoms with Gasteiger partial charge in [0, 0.05) is 6.42 Å². The van der Waals surface area contributed by atoms with Crippen molar-refractivity contribution < 1.29 is 19.4 Å². The second-order valence-corrected chi connectivity index (χ2v) is 6.88. The number of ether oxygens (including phenoxy) is 2. The summed E-state index contributed by atoms with van der Waals surface area (Å²) in [6.45, 7) is 0.927. The molecule has 0 saturated carbocycles. The number of aliphatic hydroxyl groups excluding tert-OH is 1. The van der Waals surface area contributed by atoms with Crippen LogP contribution in [-0.2, 0) is 20.9 Å². The van der Waals surface area contributed by atoms with Crippen LogP contribution < -0.4 is 0 Å². The normalized spacial score (nSPS) is 28.2. The van der Waals surface area contributed by atoms with E-state index in [0.29, 0.717) is 26.1 Å². The fourth-order valence-electron chi connectivity index (χ4n) is 3.90. The first-order chi connectivity index (χ1) is 12.7. The van der Waals surface area contributed by atoms with Crippen LogP contribution in [0.3, 0.4) is 0 Å². The van der Waals surface area contributed by atoms with E-state index in [2.05, 4.69) is 0 Å². The molecule has 4 rings (SSSR count). The lowest BCUT2D eigenvalue weighted by Crippen LogP contribution is -2.62. The summed E-state index contributed by atoms with van der Waals surface area (Å²) < 4.78 is 12.0. The molecule has 2 heterocycles. The summed E-state index contributed by atoms with van der Waals surface area (Å²) in [4.78, 5) is 14.4. The van der Waals surface area contributed by atoms with Crippen LogP contribution >= 0.6 is 0 Å². The fourth-order valence-corrected chi connectivity index (χ4v) is 3.90. The average molecular weight is 353 g/mol. The second-order valence-electron chi connectivity index (χ2n) is 6.88. The van der Waals surface area contributed by atoms with E-state index in [1.807, 2.05) is 60.7 Å². The summed E-state index contributed by atoms with van der Waals surface area (Å²) in [6.07, 6.45) is -0.0375. The summed E-state index contributed by atoms with van der Waals surface area (Å²) in [6, 6.07) is 19.5. The van der Waals surface area contributed by atoms with E-state index in [4.69, 9.17) is 9.47 Å². The van der Waals surface area contributed by atoms with Crippen LogP contribution in [-0.4, -0.2) is 41.0 Å². The van der Waals surface area contributed by atoms with Gasteiger partial charge in [0.1, 0.15) is 6.10 Å². The number of rotatable bonds is 5. The number of carbonyl (C=O) groups excluding carboxylic acids is 1. The summed E-state index contributed by atoms with van der Waals surface area (Å²) in [5, 5.41) is 10.7. The van der Waals surface area contributed by atoms with Gasteiger partial charge >= 0.3 is 0 Å². The van der Waals surface area contributed by atoms with Crippen molar-refractivity contribution in [2.45, 2.75) is 37.3 Å². The molecular formula is C21H23NO4. The van der Waals surface area contributed by atoms with Crippen molar-refractivity contribution in [3.8, 4) is 0 Å². The van der Waals surface area contributed by atoms with Crippen molar-refractivity contribution in [3.63, 3.8) is 0 Å². The average Bonchev–Trinajstić information content (AvgIpc) is 3.08. The Hall–Kier alpha value is -2.21. The van der Waals surface area contributed by atoms with Crippen LogP contribution in [0, 0.1) is 0 Å². The Morgan fingerprint density at radius 3 is 2.54 bits per heavy atom. The van der Waals surface area contributed by atoms with Crippen LogP contribution in [0.5, 0.6) is 0 Å². The Labute approximate surface area is 153 Å². The van der Waals surface area contributed by atoms with Crippen LogP contribution in [0.4, 0.5) is 0 Å². The lowest BCUT2D eigenvalue weighted by atomic mass is 9.93. The Morgan fingerprint density at radius 1 is 1.12 bits per heavy atom. The zero-order chi connectivity index (χ0) is 18.0. The first-order valence-corrected chi connectivity index (χ1v) is 9.01. The number of amides is 1. The fraction of sp³-hybridized carbons (Fsp3) is 0.381. The molecule has 0 spiro atoms. The molecule has 2 aliphatic heterocycles. The molecule has 0 unspecified atom stereocenters. The predicted molar refractivity (Wildman–Crippen MR) is 96.1 cm³/mol. The molecule has 0 aromatic heterocycles. The summed E-state index contributed by atoms with van der Waals surface area (Å²) in [5.41, 5.74) is 0.953. The van der Waals surface area contributed by atoms with Crippen molar-refractivity contribution in [2.75, 3.05) is 13.2 Å². The zero-order valence-corrected chi connectivity index (χ0v) is 14.6. The maximum atomic E-state index is 12.7. The molecule has 2 fully saturated rings. The monoisotopic (exact) mass is 353 g/mol. The Morgan fingerprint density at radius 2 is 1.81 bits per heavy atom. The molecule has 1 N–H and O–H groups in total. The number of hydrogen-bond donors (Lipinski definition) is 1. The minimum absolute atomic E-state index is 0.00460. The summed E-state index contributed by atoms with van der Waals surface area (Å²) in [7, 11) is 0. The molecule has 5 nitrogen and oxygen atoms in total. The molecule has 2 aliphatic rings. The number of fused-ring (bicyclic) bond motifs is 1. The van der Waals surface area contributed by atoms with E-state index in [-0.39, 0.29) is 18.6 Å². The SMILES string of the molecule is O=C1CC[C@@H](O)[C@]2(COCc3ccccc3)OC[C@@H](c3ccccc3)N12. The topological polar surface area (TPSA) is 59.0 Å². The number of aliphatic hydroxyl groups is 1. The van der Waals surface area contributed by atoms with E-state index in [1.165, 1.54) is 0 Å². The maximum absolute atomic E-state index is 12.7. The molecule has 3 atom stereocenters. The van der Waals surface area contributed by atoms with E-state index >= 15 is 0 Å². The zero-order valence-electron chi connectivity index (χ0n) is 14.6. The van der Waals surface area contributed by atoms with E-state index < -0.39 is 11.8 Å². The minimum atomic E-state index is -1.11. The van der Waals surface area contributed by atoms with E-state index in [1.54, 1.807) is 4.90 Å². The molecule has 0 bridgehead atoms. The van der Waals surface area contributed by atoms with Gasteiger partial charge in [0.15, 0.2) is 5.72 Å². The number of benzene rings is 2. The minimum Gasteiger partial charge on any atom is -0.388 e. The van der Waals surface area contributed by atoms with Gasteiger partial charge in [-0.25, -0.2) is 0 Å². The first-order valence-electron chi connectivity index (χ1n) is 9.01. The van der Waals surface area contributed by atoms with Gasteiger partial charge < -0.3 is 19.5 Å². The van der Waals surface area contributed by atoms with Crippen molar-refractivity contribution in [3.05, 3.63) is 71.8 Å². The molecule has 5 heteroatoms. The van der Waals surface area contributed by atoms with Gasteiger partial charge in [-0.15, -0.1) is 0 Å². The molecule has 2 saturated heterocycles. The molecular weight excluding hydrogens is 330 g/mol. The van der Waals surface area contributed by atoms with Crippen molar-refractivity contribution >= 4 is 5.91 Å². The third kappa shape index (κ3) is 3.03. The van der Waals surface area contributed by atoms with Gasteiger partial charge in [-0.2, -0.15) is 0 Å². The highest BCUT2D eigenvalue weighted by atomic mass is 16.6. The largest absolute Gasteiger partial charge is 0.388 e. The van der Waals surface area contributed by atoms with Crippen molar-refractivity contribution in [1.82, 2.24) is 4.90 Å². The van der Waals surface area contributed by atoms with Gasteiger partial charge in [-0.1, -0.05) is 60.7 Å². The van der Waals surface area contributed by atoms with Gasteiger partial charge in [0.25, 0.3) is 0 Å². The van der Waals surface area contributed by atoms with Crippen molar-refractivity contribution in [2.24, 2.45) is 0 Å². The maximum Gasteiger partial charge on any atom is 0.225 e. The first kappa shape index (κ1) is 17.2. The van der Waals surface area contributed by atoms with Gasteiger partial charge in [-0.3, -0.25) is 4.79 Å². The summed E-state index contributed by atoms with van der Waals surface area (Å²) >= 11 is 0. The third-order valence-corrected chi connectivity index (χ3v) is 5.24. The van der Waals surface area contributed by atoms with Gasteiger partial charge in [-0.05, 0) is 17.5 Å². The smallest absolute Gasteiger partial charge is 0.225 e. The number of carbonyl (C=O) groups is 1. The summed E-state index contributed by atoms with van der Waals surface area (Å²) in [5.74, 6) is 0.00460. The second kappa shape index (κ2) is 7.19.